The third kappa shape index (κ3) is 2.67. The van der Waals surface area contributed by atoms with Gasteiger partial charge in [-0.05, 0) is 59.1 Å². The SMILES string of the molecule is O=C(Nc1cc(-c2cccc3[nH]ccc23)cc2[nH]ncc12)c1ccc(Cl)o1. The van der Waals surface area contributed by atoms with Crippen LogP contribution in [0.25, 0.3) is 32.9 Å². The molecular formula is C20H13ClN4O2. The number of hydrogen-bond donors (Lipinski definition) is 3. The van der Waals surface area contributed by atoms with E-state index in [9.17, 15) is 4.79 Å². The summed E-state index contributed by atoms with van der Waals surface area (Å²) in [5, 5.41) is 12.1. The van der Waals surface area contributed by atoms with Crippen LogP contribution in [0.5, 0.6) is 0 Å². The van der Waals surface area contributed by atoms with E-state index >= 15 is 0 Å². The molecule has 0 spiro atoms. The molecule has 3 heterocycles. The molecule has 5 aromatic rings. The maximum atomic E-state index is 12.5. The van der Waals surface area contributed by atoms with Crippen LogP contribution in [0, 0.1) is 0 Å². The van der Waals surface area contributed by atoms with Gasteiger partial charge in [0.2, 0.25) is 0 Å². The fourth-order valence-corrected chi connectivity index (χ4v) is 3.41. The summed E-state index contributed by atoms with van der Waals surface area (Å²) >= 11 is 5.77. The molecule has 1 amide bonds. The topological polar surface area (TPSA) is 86.7 Å². The van der Waals surface area contributed by atoms with Crippen LogP contribution >= 0.6 is 11.6 Å². The summed E-state index contributed by atoms with van der Waals surface area (Å²) in [6.45, 7) is 0. The monoisotopic (exact) mass is 376 g/mol. The van der Waals surface area contributed by atoms with Gasteiger partial charge < -0.3 is 14.7 Å². The average Bonchev–Trinajstić information content (AvgIpc) is 3.41. The number of benzene rings is 2. The number of nitrogens with one attached hydrogen (secondary N) is 3. The largest absolute Gasteiger partial charge is 0.440 e. The highest BCUT2D eigenvalue weighted by Gasteiger charge is 2.15. The van der Waals surface area contributed by atoms with Crippen molar-refractivity contribution in [1.82, 2.24) is 15.2 Å². The summed E-state index contributed by atoms with van der Waals surface area (Å²) in [5.41, 5.74) is 4.54. The number of nitrogens with zero attached hydrogens (tertiary/aromatic N) is 1. The molecule has 0 aliphatic carbocycles. The van der Waals surface area contributed by atoms with Crippen molar-refractivity contribution in [3.63, 3.8) is 0 Å². The lowest BCUT2D eigenvalue weighted by molar-refractivity contribution is 0.0997. The summed E-state index contributed by atoms with van der Waals surface area (Å²) in [6, 6.07) is 15.1. The van der Waals surface area contributed by atoms with Crippen molar-refractivity contribution in [2.45, 2.75) is 0 Å². The number of furan rings is 1. The quantitative estimate of drug-likeness (QED) is 0.404. The predicted molar refractivity (Wildman–Crippen MR) is 105 cm³/mol. The van der Waals surface area contributed by atoms with Crippen LogP contribution in [-0.2, 0) is 0 Å². The Bertz CT molecular complexity index is 1300. The van der Waals surface area contributed by atoms with Gasteiger partial charge in [-0.15, -0.1) is 0 Å². The second-order valence-corrected chi connectivity index (χ2v) is 6.53. The molecule has 0 atom stereocenters. The Morgan fingerprint density at radius 2 is 2.00 bits per heavy atom. The molecule has 0 fully saturated rings. The van der Waals surface area contributed by atoms with Gasteiger partial charge in [0.15, 0.2) is 11.0 Å². The second kappa shape index (κ2) is 6.03. The third-order valence-electron chi connectivity index (χ3n) is 4.51. The van der Waals surface area contributed by atoms with E-state index in [1.54, 1.807) is 6.20 Å². The number of amides is 1. The van der Waals surface area contributed by atoms with Gasteiger partial charge in [-0.25, -0.2) is 0 Å². The van der Waals surface area contributed by atoms with E-state index in [4.69, 9.17) is 16.0 Å². The number of aromatic amines is 2. The number of carbonyl (C=O) groups is 1. The highest BCUT2D eigenvalue weighted by molar-refractivity contribution is 6.29. The molecule has 5 rings (SSSR count). The number of fused-ring (bicyclic) bond motifs is 2. The molecule has 27 heavy (non-hydrogen) atoms. The van der Waals surface area contributed by atoms with Crippen LogP contribution in [-0.4, -0.2) is 21.1 Å². The lowest BCUT2D eigenvalue weighted by atomic mass is 9.99. The van der Waals surface area contributed by atoms with Crippen LogP contribution in [0.4, 0.5) is 5.69 Å². The summed E-state index contributed by atoms with van der Waals surface area (Å²) in [5.74, 6) is -0.226. The van der Waals surface area contributed by atoms with Crippen LogP contribution < -0.4 is 5.32 Å². The van der Waals surface area contributed by atoms with Gasteiger partial charge in [0, 0.05) is 22.5 Å². The van der Waals surface area contributed by atoms with Crippen molar-refractivity contribution in [3.8, 4) is 11.1 Å². The summed E-state index contributed by atoms with van der Waals surface area (Å²) in [6.07, 6.45) is 3.59. The first-order valence-corrected chi connectivity index (χ1v) is 8.67. The smallest absolute Gasteiger partial charge is 0.291 e. The molecule has 132 valence electrons. The summed E-state index contributed by atoms with van der Waals surface area (Å²) in [7, 11) is 0. The highest BCUT2D eigenvalue weighted by Crippen LogP contribution is 2.34. The van der Waals surface area contributed by atoms with Crippen molar-refractivity contribution < 1.29 is 9.21 Å². The molecule has 0 bridgehead atoms. The van der Waals surface area contributed by atoms with Gasteiger partial charge in [-0.2, -0.15) is 5.10 Å². The molecule has 0 aliphatic heterocycles. The zero-order valence-corrected chi connectivity index (χ0v) is 14.7. The molecular weight excluding hydrogens is 364 g/mol. The number of carbonyl (C=O) groups excluding carboxylic acids is 1. The fourth-order valence-electron chi connectivity index (χ4n) is 3.27. The molecule has 3 aromatic heterocycles. The lowest BCUT2D eigenvalue weighted by Gasteiger charge is -2.10. The van der Waals surface area contributed by atoms with Crippen LogP contribution in [0.3, 0.4) is 0 Å². The lowest BCUT2D eigenvalue weighted by Crippen LogP contribution is -2.11. The van der Waals surface area contributed by atoms with Crippen molar-refractivity contribution in [3.05, 3.63) is 71.9 Å². The van der Waals surface area contributed by atoms with E-state index in [1.165, 1.54) is 12.1 Å². The van der Waals surface area contributed by atoms with Gasteiger partial charge in [0.1, 0.15) is 0 Å². The molecule has 0 saturated carbocycles. The normalized spacial score (nSPS) is 11.3. The highest BCUT2D eigenvalue weighted by atomic mass is 35.5. The number of H-pyrrole nitrogens is 2. The molecule has 0 aliphatic rings. The number of anilines is 1. The Morgan fingerprint density at radius 3 is 2.85 bits per heavy atom. The number of hydrogen-bond acceptors (Lipinski definition) is 3. The van der Waals surface area contributed by atoms with E-state index in [2.05, 4.69) is 20.5 Å². The van der Waals surface area contributed by atoms with Crippen molar-refractivity contribution in [1.29, 1.82) is 0 Å². The first-order valence-electron chi connectivity index (χ1n) is 8.29. The van der Waals surface area contributed by atoms with E-state index < -0.39 is 0 Å². The molecule has 0 radical (unpaired) electrons. The maximum Gasteiger partial charge on any atom is 0.291 e. The Hall–Kier alpha value is -3.51. The Labute approximate surface area is 158 Å². The number of aromatic nitrogens is 3. The first-order chi connectivity index (χ1) is 13.2. The number of halogens is 1. The van der Waals surface area contributed by atoms with Gasteiger partial charge >= 0.3 is 0 Å². The van der Waals surface area contributed by atoms with E-state index in [-0.39, 0.29) is 16.9 Å². The van der Waals surface area contributed by atoms with E-state index in [0.717, 1.165) is 32.9 Å². The minimum absolute atomic E-state index is 0.148. The van der Waals surface area contributed by atoms with E-state index in [1.807, 2.05) is 42.6 Å². The third-order valence-corrected chi connectivity index (χ3v) is 4.71. The average molecular weight is 377 g/mol. The zero-order valence-electron chi connectivity index (χ0n) is 13.9. The Kier molecular flexibility index (Phi) is 3.51. The second-order valence-electron chi connectivity index (χ2n) is 6.16. The van der Waals surface area contributed by atoms with Gasteiger partial charge in [0.05, 0.1) is 17.4 Å². The minimum atomic E-state index is -0.374. The maximum absolute atomic E-state index is 12.5. The Balaban J connectivity index is 1.63. The van der Waals surface area contributed by atoms with E-state index in [0.29, 0.717) is 5.69 Å². The molecule has 7 heteroatoms. The fraction of sp³-hybridized carbons (Fsp3) is 0. The molecule has 0 unspecified atom stereocenters. The van der Waals surface area contributed by atoms with Gasteiger partial charge in [-0.3, -0.25) is 9.89 Å². The predicted octanol–water partition coefficient (Wildman–Crippen LogP) is 5.21. The summed E-state index contributed by atoms with van der Waals surface area (Å²) in [4.78, 5) is 15.7. The van der Waals surface area contributed by atoms with Gasteiger partial charge in [0.25, 0.3) is 5.91 Å². The van der Waals surface area contributed by atoms with Gasteiger partial charge in [-0.1, -0.05) is 12.1 Å². The van der Waals surface area contributed by atoms with Crippen molar-refractivity contribution >= 4 is 45.0 Å². The first kappa shape index (κ1) is 15.7. The molecule has 3 N–H and O–H groups in total. The molecule has 2 aromatic carbocycles. The van der Waals surface area contributed by atoms with Crippen LogP contribution in [0.2, 0.25) is 5.22 Å². The van der Waals surface area contributed by atoms with Crippen LogP contribution in [0.15, 0.2) is 65.3 Å². The van der Waals surface area contributed by atoms with Crippen molar-refractivity contribution in [2.24, 2.45) is 0 Å². The molecule has 0 saturated heterocycles. The minimum Gasteiger partial charge on any atom is -0.440 e. The summed E-state index contributed by atoms with van der Waals surface area (Å²) < 4.78 is 5.20. The molecule has 6 nitrogen and oxygen atoms in total. The number of rotatable bonds is 3. The zero-order chi connectivity index (χ0) is 18.4. The Morgan fingerprint density at radius 1 is 1.07 bits per heavy atom. The van der Waals surface area contributed by atoms with Crippen LogP contribution in [0.1, 0.15) is 10.6 Å². The van der Waals surface area contributed by atoms with Crippen molar-refractivity contribution in [2.75, 3.05) is 5.32 Å². The standard InChI is InChI=1S/C20H13ClN4O2/c21-19-5-4-18(27-19)20(26)24-16-8-11(9-17-14(16)10-23-25-17)12-2-1-3-15-13(12)6-7-22-15/h1-10,22H,(H,23,25)(H,24,26).